The average Bonchev–Trinajstić information content (AvgIpc) is 2.71. The molecule has 1 aliphatic heterocycles. The molecule has 0 bridgehead atoms. The number of carbonyl (C=O) groups excluding carboxylic acids is 2. The summed E-state index contributed by atoms with van der Waals surface area (Å²) in [4.78, 5) is 25.9. The molecule has 7 heteroatoms. The van der Waals surface area contributed by atoms with Gasteiger partial charge in [-0.25, -0.2) is 10.2 Å². The number of benzene rings is 2. The Bertz CT molecular complexity index is 785. The first kappa shape index (κ1) is 18.8. The molecule has 1 N–H and O–H groups in total. The van der Waals surface area contributed by atoms with E-state index in [0.29, 0.717) is 31.1 Å². The van der Waals surface area contributed by atoms with E-state index in [2.05, 4.69) is 10.5 Å². The first-order chi connectivity index (χ1) is 13.2. The number of hydrogen-bond acceptors (Lipinski definition) is 6. The number of amides is 1. The molecule has 1 fully saturated rings. The average molecular weight is 367 g/mol. The van der Waals surface area contributed by atoms with Gasteiger partial charge in [0, 0.05) is 13.1 Å². The van der Waals surface area contributed by atoms with Crippen LogP contribution in [0.3, 0.4) is 0 Å². The van der Waals surface area contributed by atoms with E-state index < -0.39 is 5.97 Å². The van der Waals surface area contributed by atoms with Crippen LogP contribution in [-0.2, 0) is 9.53 Å². The van der Waals surface area contributed by atoms with Crippen molar-refractivity contribution in [2.24, 2.45) is 5.10 Å². The first-order valence-electron chi connectivity index (χ1n) is 8.70. The smallest absolute Gasteiger partial charge is 0.343 e. The molecule has 2 aromatic rings. The van der Waals surface area contributed by atoms with E-state index in [1.54, 1.807) is 54.7 Å². The van der Waals surface area contributed by atoms with Gasteiger partial charge in [-0.2, -0.15) is 5.10 Å². The fraction of sp³-hybridized carbons (Fsp3) is 0.250. The summed E-state index contributed by atoms with van der Waals surface area (Å²) in [6.07, 6.45) is 1.54. The van der Waals surface area contributed by atoms with Crippen LogP contribution in [0.5, 0.6) is 5.75 Å². The Morgan fingerprint density at radius 2 is 1.78 bits per heavy atom. The van der Waals surface area contributed by atoms with Gasteiger partial charge >= 0.3 is 5.97 Å². The van der Waals surface area contributed by atoms with Gasteiger partial charge in [0.15, 0.2) is 0 Å². The summed E-state index contributed by atoms with van der Waals surface area (Å²) in [6.45, 7) is 3.10. The molecule has 0 unspecified atom stereocenters. The predicted octanol–water partition coefficient (Wildman–Crippen LogP) is 1.69. The highest BCUT2D eigenvalue weighted by atomic mass is 16.5. The summed E-state index contributed by atoms with van der Waals surface area (Å²) < 4.78 is 10.6. The number of hydrogen-bond donors (Lipinski definition) is 1. The van der Waals surface area contributed by atoms with E-state index in [4.69, 9.17) is 9.47 Å². The minimum atomic E-state index is -0.410. The Labute approximate surface area is 157 Å². The number of nitrogens with zero attached hydrogens (tertiary/aromatic N) is 2. The van der Waals surface area contributed by atoms with Crippen LogP contribution in [0.1, 0.15) is 15.9 Å². The SMILES string of the molecule is O=C(CN1CCOCC1)N/N=C\c1ccc(OC(=O)c2ccccc2)cc1. The highest BCUT2D eigenvalue weighted by molar-refractivity contribution is 5.91. The third-order valence-corrected chi connectivity index (χ3v) is 3.97. The second kappa shape index (κ2) is 9.61. The number of carbonyl (C=O) groups is 2. The molecule has 0 radical (unpaired) electrons. The second-order valence-corrected chi connectivity index (χ2v) is 6.01. The highest BCUT2D eigenvalue weighted by Gasteiger charge is 2.13. The maximum Gasteiger partial charge on any atom is 0.343 e. The summed E-state index contributed by atoms with van der Waals surface area (Å²) in [5, 5.41) is 3.96. The van der Waals surface area contributed by atoms with Crippen molar-refractivity contribution in [1.82, 2.24) is 10.3 Å². The molecule has 2 aromatic carbocycles. The molecular weight excluding hydrogens is 346 g/mol. The lowest BCUT2D eigenvalue weighted by Gasteiger charge is -2.25. The summed E-state index contributed by atoms with van der Waals surface area (Å²) in [7, 11) is 0. The van der Waals surface area contributed by atoms with E-state index in [1.807, 2.05) is 11.0 Å². The zero-order valence-electron chi connectivity index (χ0n) is 14.8. The van der Waals surface area contributed by atoms with E-state index in [9.17, 15) is 9.59 Å². The van der Waals surface area contributed by atoms with Gasteiger partial charge in [-0.1, -0.05) is 18.2 Å². The van der Waals surface area contributed by atoms with Crippen LogP contribution in [0.4, 0.5) is 0 Å². The maximum atomic E-state index is 12.0. The Morgan fingerprint density at radius 3 is 2.48 bits per heavy atom. The molecule has 0 spiro atoms. The molecule has 1 heterocycles. The molecule has 27 heavy (non-hydrogen) atoms. The van der Waals surface area contributed by atoms with Crippen molar-refractivity contribution in [3.8, 4) is 5.75 Å². The van der Waals surface area contributed by atoms with Crippen molar-refractivity contribution >= 4 is 18.1 Å². The predicted molar refractivity (Wildman–Crippen MR) is 101 cm³/mol. The topological polar surface area (TPSA) is 80.2 Å². The quantitative estimate of drug-likeness (QED) is 0.364. The molecular formula is C20H21N3O4. The van der Waals surface area contributed by atoms with E-state index >= 15 is 0 Å². The molecule has 0 aliphatic carbocycles. The molecule has 3 rings (SSSR count). The zero-order chi connectivity index (χ0) is 18.9. The fourth-order valence-corrected chi connectivity index (χ4v) is 2.54. The Hall–Kier alpha value is -3.03. The maximum absolute atomic E-state index is 12.0. The van der Waals surface area contributed by atoms with Gasteiger partial charge in [0.2, 0.25) is 0 Å². The first-order valence-corrected chi connectivity index (χ1v) is 8.70. The molecule has 1 aliphatic rings. The summed E-state index contributed by atoms with van der Waals surface area (Å²) in [6, 6.07) is 15.7. The van der Waals surface area contributed by atoms with Gasteiger partial charge in [0.05, 0.1) is 31.5 Å². The Kier molecular flexibility index (Phi) is 6.67. The van der Waals surface area contributed by atoms with E-state index in [0.717, 1.165) is 18.7 Å². The van der Waals surface area contributed by atoms with Crippen molar-refractivity contribution < 1.29 is 19.1 Å². The number of rotatable bonds is 6. The van der Waals surface area contributed by atoms with Gasteiger partial charge in [-0.15, -0.1) is 0 Å². The van der Waals surface area contributed by atoms with Gasteiger partial charge < -0.3 is 9.47 Å². The van der Waals surface area contributed by atoms with Crippen LogP contribution in [0.2, 0.25) is 0 Å². The van der Waals surface area contributed by atoms with Gasteiger partial charge in [0.1, 0.15) is 5.75 Å². The monoisotopic (exact) mass is 367 g/mol. The third-order valence-electron chi connectivity index (χ3n) is 3.97. The number of morpholine rings is 1. The Balaban J connectivity index is 1.46. The number of hydrazone groups is 1. The molecule has 0 aromatic heterocycles. The van der Waals surface area contributed by atoms with Crippen LogP contribution < -0.4 is 10.2 Å². The molecule has 7 nitrogen and oxygen atoms in total. The normalized spacial score (nSPS) is 14.8. The fourth-order valence-electron chi connectivity index (χ4n) is 2.54. The van der Waals surface area contributed by atoms with E-state index in [1.165, 1.54) is 0 Å². The lowest BCUT2D eigenvalue weighted by atomic mass is 10.2. The molecule has 140 valence electrons. The Morgan fingerprint density at radius 1 is 1.07 bits per heavy atom. The summed E-state index contributed by atoms with van der Waals surface area (Å²) >= 11 is 0. The molecule has 0 saturated carbocycles. The lowest BCUT2D eigenvalue weighted by molar-refractivity contribution is -0.123. The number of ether oxygens (including phenoxy) is 2. The van der Waals surface area contributed by atoms with Crippen LogP contribution in [0.15, 0.2) is 59.7 Å². The summed E-state index contributed by atoms with van der Waals surface area (Å²) in [5.41, 5.74) is 3.78. The largest absolute Gasteiger partial charge is 0.423 e. The molecule has 1 saturated heterocycles. The number of esters is 1. The minimum Gasteiger partial charge on any atom is -0.423 e. The van der Waals surface area contributed by atoms with Crippen molar-refractivity contribution in [3.05, 3.63) is 65.7 Å². The minimum absolute atomic E-state index is 0.165. The van der Waals surface area contributed by atoms with Crippen LogP contribution >= 0.6 is 0 Å². The molecule has 1 amide bonds. The highest BCUT2D eigenvalue weighted by Crippen LogP contribution is 2.13. The summed E-state index contributed by atoms with van der Waals surface area (Å²) in [5.74, 6) is -0.133. The van der Waals surface area contributed by atoms with Crippen molar-refractivity contribution in [2.45, 2.75) is 0 Å². The molecule has 0 atom stereocenters. The van der Waals surface area contributed by atoms with Gasteiger partial charge in [-0.3, -0.25) is 9.69 Å². The van der Waals surface area contributed by atoms with Crippen LogP contribution in [0.25, 0.3) is 0 Å². The third kappa shape index (κ3) is 6.02. The van der Waals surface area contributed by atoms with Gasteiger partial charge in [0.25, 0.3) is 5.91 Å². The number of nitrogens with one attached hydrogen (secondary N) is 1. The van der Waals surface area contributed by atoms with Crippen molar-refractivity contribution in [3.63, 3.8) is 0 Å². The lowest BCUT2D eigenvalue weighted by Crippen LogP contribution is -2.42. The van der Waals surface area contributed by atoms with Crippen LogP contribution in [-0.4, -0.2) is 55.8 Å². The van der Waals surface area contributed by atoms with E-state index in [-0.39, 0.29) is 5.91 Å². The zero-order valence-corrected chi connectivity index (χ0v) is 14.8. The van der Waals surface area contributed by atoms with Crippen LogP contribution in [0, 0.1) is 0 Å². The standard InChI is InChI=1S/C20H21N3O4/c24-19(15-23-10-12-26-13-11-23)22-21-14-16-6-8-18(9-7-16)27-20(25)17-4-2-1-3-5-17/h1-9,14H,10-13,15H2,(H,22,24)/b21-14-. The van der Waals surface area contributed by atoms with Crippen molar-refractivity contribution in [1.29, 1.82) is 0 Å². The second-order valence-electron chi connectivity index (χ2n) is 6.01. The van der Waals surface area contributed by atoms with Crippen molar-refractivity contribution in [2.75, 3.05) is 32.8 Å². The van der Waals surface area contributed by atoms with Gasteiger partial charge in [-0.05, 0) is 42.0 Å².